The summed E-state index contributed by atoms with van der Waals surface area (Å²) in [5.41, 5.74) is 0.652. The molecule has 1 N–H and O–H groups in total. The Labute approximate surface area is 117 Å². The normalized spacial score (nSPS) is 12.8. The van der Waals surface area contributed by atoms with Crippen molar-refractivity contribution in [2.45, 2.75) is 32.9 Å². The number of hydrogen-bond donors (Lipinski definition) is 1. The molecular weight excluding hydrogens is 262 g/mol. The second-order valence-electron chi connectivity index (χ2n) is 4.43. The average molecular weight is 280 g/mol. The number of hydrogen-bond acceptors (Lipinski definition) is 3. The number of halogens is 1. The first-order chi connectivity index (χ1) is 9.12. The quantitative estimate of drug-likeness (QED) is 0.936. The molecule has 1 atom stereocenters. The monoisotopic (exact) mass is 279 g/mol. The van der Waals surface area contributed by atoms with Gasteiger partial charge in [0.2, 0.25) is 0 Å². The van der Waals surface area contributed by atoms with E-state index in [-0.39, 0.29) is 11.6 Å². The Morgan fingerprint density at radius 1 is 1.42 bits per heavy atom. The Kier molecular flexibility index (Phi) is 4.22. The summed E-state index contributed by atoms with van der Waals surface area (Å²) >= 11 is 5.98. The predicted molar refractivity (Wildman–Crippen MR) is 78.8 cm³/mol. The van der Waals surface area contributed by atoms with Crippen molar-refractivity contribution in [3.8, 4) is 0 Å². The lowest BCUT2D eigenvalue weighted by molar-refractivity contribution is 0.499. The molecule has 0 aliphatic rings. The molecule has 19 heavy (non-hydrogen) atoms. The first kappa shape index (κ1) is 14.0. The summed E-state index contributed by atoms with van der Waals surface area (Å²) in [5, 5.41) is 4.40. The van der Waals surface area contributed by atoms with Crippen molar-refractivity contribution in [2.24, 2.45) is 0 Å². The maximum atomic E-state index is 12.5. The molecule has 0 spiro atoms. The van der Waals surface area contributed by atoms with Gasteiger partial charge in [0.05, 0.1) is 16.9 Å². The van der Waals surface area contributed by atoms with E-state index in [9.17, 15) is 4.79 Å². The van der Waals surface area contributed by atoms with E-state index in [0.717, 1.165) is 12.2 Å². The van der Waals surface area contributed by atoms with Crippen LogP contribution in [0.5, 0.6) is 0 Å². The molecule has 0 unspecified atom stereocenters. The van der Waals surface area contributed by atoms with Gasteiger partial charge in [0.15, 0.2) is 0 Å². The minimum absolute atomic E-state index is 0.00660. The van der Waals surface area contributed by atoms with Crippen molar-refractivity contribution >= 4 is 22.5 Å². The van der Waals surface area contributed by atoms with Crippen LogP contribution >= 0.6 is 11.6 Å². The fourth-order valence-corrected chi connectivity index (χ4v) is 2.47. The van der Waals surface area contributed by atoms with E-state index in [2.05, 4.69) is 17.2 Å². The van der Waals surface area contributed by atoms with Gasteiger partial charge >= 0.3 is 0 Å². The Morgan fingerprint density at radius 3 is 2.74 bits per heavy atom. The highest BCUT2D eigenvalue weighted by Gasteiger charge is 2.16. The number of rotatable bonds is 4. The van der Waals surface area contributed by atoms with Gasteiger partial charge in [0.1, 0.15) is 5.82 Å². The van der Waals surface area contributed by atoms with Crippen molar-refractivity contribution in [1.82, 2.24) is 14.9 Å². The third-order valence-electron chi connectivity index (χ3n) is 3.33. The molecular formula is C14H18ClN3O. The molecule has 2 aromatic rings. The molecule has 0 fully saturated rings. The van der Waals surface area contributed by atoms with Gasteiger partial charge in [-0.1, -0.05) is 18.5 Å². The van der Waals surface area contributed by atoms with Gasteiger partial charge in [-0.15, -0.1) is 0 Å². The zero-order valence-electron chi connectivity index (χ0n) is 11.4. The minimum atomic E-state index is -0.00660. The molecule has 0 amide bonds. The van der Waals surface area contributed by atoms with Gasteiger partial charge < -0.3 is 5.32 Å². The lowest BCUT2D eigenvalue weighted by Crippen LogP contribution is -2.30. The van der Waals surface area contributed by atoms with Gasteiger partial charge in [-0.2, -0.15) is 0 Å². The fourth-order valence-electron chi connectivity index (χ4n) is 2.30. The van der Waals surface area contributed by atoms with Crippen LogP contribution in [0.15, 0.2) is 23.0 Å². The second-order valence-corrected chi connectivity index (χ2v) is 4.87. The average Bonchev–Trinajstić information content (AvgIpc) is 2.40. The minimum Gasteiger partial charge on any atom is -0.310 e. The highest BCUT2D eigenvalue weighted by molar-refractivity contribution is 6.31. The summed E-state index contributed by atoms with van der Waals surface area (Å²) in [6, 6.07) is 5.27. The summed E-state index contributed by atoms with van der Waals surface area (Å²) in [4.78, 5) is 17.1. The Balaban J connectivity index is 2.79. The molecule has 4 nitrogen and oxygen atoms in total. The molecule has 0 saturated carbocycles. The van der Waals surface area contributed by atoms with E-state index in [4.69, 9.17) is 11.6 Å². The van der Waals surface area contributed by atoms with E-state index in [1.807, 2.05) is 14.0 Å². The van der Waals surface area contributed by atoms with Crippen LogP contribution in [0.3, 0.4) is 0 Å². The molecule has 0 saturated heterocycles. The Morgan fingerprint density at radius 2 is 2.16 bits per heavy atom. The van der Waals surface area contributed by atoms with Crippen LogP contribution < -0.4 is 10.9 Å². The van der Waals surface area contributed by atoms with E-state index in [0.29, 0.717) is 22.5 Å². The van der Waals surface area contributed by atoms with Crippen LogP contribution in [0.4, 0.5) is 0 Å². The van der Waals surface area contributed by atoms with Crippen LogP contribution in [-0.4, -0.2) is 16.6 Å². The number of aromatic nitrogens is 2. The van der Waals surface area contributed by atoms with Crippen molar-refractivity contribution in [1.29, 1.82) is 0 Å². The topological polar surface area (TPSA) is 46.9 Å². The Hall–Kier alpha value is -1.39. The van der Waals surface area contributed by atoms with Crippen molar-refractivity contribution in [3.63, 3.8) is 0 Å². The maximum absolute atomic E-state index is 12.5. The van der Waals surface area contributed by atoms with Gasteiger partial charge in [-0.25, -0.2) is 4.98 Å². The SMILES string of the molecule is CC[C@H](NC)c1nc2cc(Cl)ccc2c(=O)n1CC. The third-order valence-corrected chi connectivity index (χ3v) is 3.57. The summed E-state index contributed by atoms with van der Waals surface area (Å²) in [6.07, 6.45) is 0.870. The van der Waals surface area contributed by atoms with Gasteiger partial charge in [-0.3, -0.25) is 9.36 Å². The smallest absolute Gasteiger partial charge is 0.261 e. The number of nitrogens with one attached hydrogen (secondary N) is 1. The molecule has 102 valence electrons. The van der Waals surface area contributed by atoms with E-state index in [1.54, 1.807) is 22.8 Å². The number of nitrogens with zero attached hydrogens (tertiary/aromatic N) is 2. The fraction of sp³-hybridized carbons (Fsp3) is 0.429. The van der Waals surface area contributed by atoms with Gasteiger partial charge in [0, 0.05) is 11.6 Å². The molecule has 1 aromatic heterocycles. The standard InChI is InChI=1S/C14H18ClN3O/c1-4-11(16-3)13-17-12-8-9(15)6-7-10(12)14(19)18(13)5-2/h6-8,11,16H,4-5H2,1-3H3/t11-/m0/s1. The van der Waals surface area contributed by atoms with Crippen LogP contribution in [0.25, 0.3) is 10.9 Å². The Bertz CT molecular complexity index is 647. The van der Waals surface area contributed by atoms with Crippen LogP contribution in [-0.2, 0) is 6.54 Å². The highest BCUT2D eigenvalue weighted by atomic mass is 35.5. The van der Waals surface area contributed by atoms with Crippen molar-refractivity contribution in [2.75, 3.05) is 7.05 Å². The van der Waals surface area contributed by atoms with Crippen LogP contribution in [0, 0.1) is 0 Å². The summed E-state index contributed by atoms with van der Waals surface area (Å²) in [7, 11) is 1.88. The second kappa shape index (κ2) is 5.72. The van der Waals surface area contributed by atoms with Gasteiger partial charge in [0.25, 0.3) is 5.56 Å². The van der Waals surface area contributed by atoms with Crippen molar-refractivity contribution in [3.05, 3.63) is 39.4 Å². The van der Waals surface area contributed by atoms with Gasteiger partial charge in [-0.05, 0) is 38.6 Å². The van der Waals surface area contributed by atoms with E-state index in [1.165, 1.54) is 0 Å². The predicted octanol–water partition coefficient (Wildman–Crippen LogP) is 2.74. The molecule has 1 aromatic carbocycles. The maximum Gasteiger partial charge on any atom is 0.261 e. The molecule has 1 heterocycles. The molecule has 5 heteroatoms. The highest BCUT2D eigenvalue weighted by Crippen LogP contribution is 2.19. The lowest BCUT2D eigenvalue weighted by Gasteiger charge is -2.19. The number of fused-ring (bicyclic) bond motifs is 1. The molecule has 0 bridgehead atoms. The summed E-state index contributed by atoms with van der Waals surface area (Å²) < 4.78 is 1.72. The van der Waals surface area contributed by atoms with Crippen LogP contribution in [0.2, 0.25) is 5.02 Å². The van der Waals surface area contributed by atoms with E-state index < -0.39 is 0 Å². The molecule has 2 rings (SSSR count). The first-order valence-electron chi connectivity index (χ1n) is 6.49. The summed E-state index contributed by atoms with van der Waals surface area (Å²) in [6.45, 7) is 4.63. The molecule has 0 aliphatic carbocycles. The zero-order valence-corrected chi connectivity index (χ0v) is 12.2. The van der Waals surface area contributed by atoms with Crippen molar-refractivity contribution < 1.29 is 0 Å². The third kappa shape index (κ3) is 2.51. The molecule has 0 radical (unpaired) electrons. The van der Waals surface area contributed by atoms with Crippen LogP contribution in [0.1, 0.15) is 32.1 Å². The number of benzene rings is 1. The molecule has 0 aliphatic heterocycles. The first-order valence-corrected chi connectivity index (χ1v) is 6.87. The largest absolute Gasteiger partial charge is 0.310 e. The zero-order chi connectivity index (χ0) is 14.0. The lowest BCUT2D eigenvalue weighted by atomic mass is 10.1. The summed E-state index contributed by atoms with van der Waals surface area (Å²) in [5.74, 6) is 0.771. The van der Waals surface area contributed by atoms with E-state index >= 15 is 0 Å².